The third-order valence-electron chi connectivity index (χ3n) is 8.18. The third kappa shape index (κ3) is 3.41. The number of aryl methyl sites for hydroxylation is 2. The average molecular weight is 515 g/mol. The Balaban J connectivity index is 1.41. The number of para-hydroxylation sites is 2. The molecule has 1 aliphatic rings. The van der Waals surface area contributed by atoms with Crippen LogP contribution in [0.3, 0.4) is 0 Å². The monoisotopic (exact) mass is 514 g/mol. The number of hydrogen-bond acceptors (Lipinski definition) is 3. The lowest BCUT2D eigenvalue weighted by Gasteiger charge is -2.27. The Morgan fingerprint density at radius 3 is 2.23 bits per heavy atom. The fourth-order valence-electron chi connectivity index (χ4n) is 6.07. The Morgan fingerprint density at radius 1 is 0.600 bits per heavy atom. The molecule has 8 rings (SSSR count). The van der Waals surface area contributed by atoms with Crippen LogP contribution in [0.1, 0.15) is 11.3 Å². The van der Waals surface area contributed by atoms with Gasteiger partial charge in [-0.25, -0.2) is 4.98 Å². The summed E-state index contributed by atoms with van der Waals surface area (Å²) in [5.41, 5.74) is 13.3. The van der Waals surface area contributed by atoms with Gasteiger partial charge in [0.15, 0.2) is 0 Å². The number of benzene rings is 5. The molecule has 2 aromatic heterocycles. The number of aromatic nitrogens is 1. The zero-order valence-electron chi connectivity index (χ0n) is 22.3. The van der Waals surface area contributed by atoms with Gasteiger partial charge in [-0.1, -0.05) is 78.9 Å². The Hall–Kier alpha value is -5.15. The van der Waals surface area contributed by atoms with E-state index in [9.17, 15) is 0 Å². The molecule has 3 heterocycles. The minimum absolute atomic E-state index is 0.906. The Kier molecular flexibility index (Phi) is 4.95. The molecule has 190 valence electrons. The first-order valence-electron chi connectivity index (χ1n) is 13.6. The molecule has 0 aliphatic carbocycles. The summed E-state index contributed by atoms with van der Waals surface area (Å²) in [7, 11) is 0. The van der Waals surface area contributed by atoms with Crippen LogP contribution < -0.4 is 4.90 Å². The van der Waals surface area contributed by atoms with Crippen molar-refractivity contribution in [2.45, 2.75) is 13.8 Å². The van der Waals surface area contributed by atoms with Crippen LogP contribution in [0.5, 0.6) is 0 Å². The molecule has 5 aromatic carbocycles. The number of hydrogen-bond donors (Lipinski definition) is 0. The van der Waals surface area contributed by atoms with Crippen molar-refractivity contribution in [2.75, 3.05) is 4.90 Å². The number of anilines is 3. The van der Waals surface area contributed by atoms with Crippen LogP contribution in [0.15, 0.2) is 126 Å². The van der Waals surface area contributed by atoms with Crippen LogP contribution in [0.4, 0.5) is 17.1 Å². The van der Waals surface area contributed by atoms with Gasteiger partial charge in [-0.05, 0) is 66.9 Å². The van der Waals surface area contributed by atoms with Crippen LogP contribution in [0, 0.1) is 13.8 Å². The van der Waals surface area contributed by atoms with Gasteiger partial charge in [0, 0.05) is 39.2 Å². The van der Waals surface area contributed by atoms with Crippen molar-refractivity contribution in [3.63, 3.8) is 0 Å². The maximum Gasteiger partial charge on any atom is 0.136 e. The highest BCUT2D eigenvalue weighted by Gasteiger charge is 2.27. The van der Waals surface area contributed by atoms with Gasteiger partial charge in [-0.15, -0.1) is 0 Å². The van der Waals surface area contributed by atoms with Crippen molar-refractivity contribution in [2.24, 2.45) is 0 Å². The second-order valence-electron chi connectivity index (χ2n) is 10.5. The molecule has 0 unspecified atom stereocenters. The Labute approximate surface area is 233 Å². The maximum absolute atomic E-state index is 6.26. The van der Waals surface area contributed by atoms with E-state index in [1.165, 1.54) is 27.8 Å². The predicted molar refractivity (Wildman–Crippen MR) is 166 cm³/mol. The van der Waals surface area contributed by atoms with Crippen LogP contribution in [0.25, 0.3) is 55.4 Å². The molecule has 0 saturated carbocycles. The first-order chi connectivity index (χ1) is 19.7. The van der Waals surface area contributed by atoms with Gasteiger partial charge in [0.05, 0.1) is 22.6 Å². The molecule has 7 aromatic rings. The van der Waals surface area contributed by atoms with Crippen LogP contribution in [-0.2, 0) is 0 Å². The van der Waals surface area contributed by atoms with E-state index in [1.54, 1.807) is 0 Å². The molecule has 3 heteroatoms. The van der Waals surface area contributed by atoms with Crippen molar-refractivity contribution in [1.82, 2.24) is 4.98 Å². The highest BCUT2D eigenvalue weighted by Crippen LogP contribution is 2.52. The van der Waals surface area contributed by atoms with E-state index in [1.807, 2.05) is 13.0 Å². The third-order valence-corrected chi connectivity index (χ3v) is 8.18. The first-order valence-corrected chi connectivity index (χ1v) is 13.6. The van der Waals surface area contributed by atoms with Crippen molar-refractivity contribution in [1.29, 1.82) is 0 Å². The summed E-state index contributed by atoms with van der Waals surface area (Å²) in [5, 5.41) is 2.30. The lowest BCUT2D eigenvalue weighted by Crippen LogP contribution is -2.11. The second-order valence-corrected chi connectivity index (χ2v) is 10.5. The summed E-state index contributed by atoms with van der Waals surface area (Å²) in [6.07, 6.45) is 0. The minimum Gasteiger partial charge on any atom is -0.461 e. The zero-order chi connectivity index (χ0) is 26.8. The van der Waals surface area contributed by atoms with Crippen LogP contribution in [-0.4, -0.2) is 4.98 Å². The van der Waals surface area contributed by atoms with Gasteiger partial charge >= 0.3 is 0 Å². The molecule has 0 saturated heterocycles. The lowest BCUT2D eigenvalue weighted by atomic mass is 9.94. The molecule has 40 heavy (non-hydrogen) atoms. The summed E-state index contributed by atoms with van der Waals surface area (Å²) in [6, 6.07) is 43.1. The Morgan fingerprint density at radius 2 is 1.35 bits per heavy atom. The second kappa shape index (κ2) is 8.69. The van der Waals surface area contributed by atoms with Crippen LogP contribution >= 0.6 is 0 Å². The standard InChI is InChI=1S/C37H26N2O/c1-23-24(2)40-37-22-36-32(21-31(23)37)29-14-5-4-13-28(29)30-15-6-8-17-35(30)39(36)27-12-9-11-26(20-27)34-19-18-25-10-3-7-16-33(25)38-34/h3-22H,1-2H3. The number of fused-ring (bicyclic) bond motifs is 7. The zero-order valence-corrected chi connectivity index (χ0v) is 22.3. The molecule has 0 fully saturated rings. The molecular formula is C37H26N2O. The van der Waals surface area contributed by atoms with Crippen molar-refractivity contribution in [3.05, 3.63) is 133 Å². The van der Waals surface area contributed by atoms with Gasteiger partial charge in [-0.2, -0.15) is 0 Å². The van der Waals surface area contributed by atoms with E-state index in [2.05, 4.69) is 127 Å². The van der Waals surface area contributed by atoms with E-state index in [-0.39, 0.29) is 0 Å². The van der Waals surface area contributed by atoms with Crippen molar-refractivity contribution >= 4 is 38.9 Å². The summed E-state index contributed by atoms with van der Waals surface area (Å²) < 4.78 is 6.26. The highest BCUT2D eigenvalue weighted by molar-refractivity contribution is 6.06. The molecule has 0 atom stereocenters. The minimum atomic E-state index is 0.906. The molecule has 1 aliphatic heterocycles. The number of pyridine rings is 1. The predicted octanol–water partition coefficient (Wildman–Crippen LogP) is 10.4. The largest absolute Gasteiger partial charge is 0.461 e. The number of rotatable bonds is 2. The smallest absolute Gasteiger partial charge is 0.136 e. The number of furan rings is 1. The van der Waals surface area contributed by atoms with E-state index < -0.39 is 0 Å². The summed E-state index contributed by atoms with van der Waals surface area (Å²) in [6.45, 7) is 4.18. The first kappa shape index (κ1) is 22.8. The molecule has 0 N–H and O–H groups in total. The van der Waals surface area contributed by atoms with Crippen molar-refractivity contribution in [3.8, 4) is 33.5 Å². The molecule has 0 bridgehead atoms. The van der Waals surface area contributed by atoms with Crippen LogP contribution in [0.2, 0.25) is 0 Å². The summed E-state index contributed by atoms with van der Waals surface area (Å²) in [5.74, 6) is 0.958. The summed E-state index contributed by atoms with van der Waals surface area (Å²) >= 11 is 0. The van der Waals surface area contributed by atoms with E-state index in [0.717, 1.165) is 56.0 Å². The topological polar surface area (TPSA) is 29.3 Å². The quantitative estimate of drug-likeness (QED) is 0.230. The van der Waals surface area contributed by atoms with Crippen molar-refractivity contribution < 1.29 is 4.42 Å². The van der Waals surface area contributed by atoms with Gasteiger partial charge in [0.1, 0.15) is 11.3 Å². The molecule has 3 nitrogen and oxygen atoms in total. The highest BCUT2D eigenvalue weighted by atomic mass is 16.3. The van der Waals surface area contributed by atoms with E-state index in [0.29, 0.717) is 0 Å². The Bertz CT molecular complexity index is 2100. The normalized spacial score (nSPS) is 12.2. The molecule has 0 radical (unpaired) electrons. The lowest BCUT2D eigenvalue weighted by molar-refractivity contribution is 0.575. The van der Waals surface area contributed by atoms with Gasteiger partial charge < -0.3 is 9.32 Å². The maximum atomic E-state index is 6.26. The fraction of sp³-hybridized carbons (Fsp3) is 0.0541. The van der Waals surface area contributed by atoms with Gasteiger partial charge in [-0.3, -0.25) is 0 Å². The molecule has 0 amide bonds. The van der Waals surface area contributed by atoms with E-state index in [4.69, 9.17) is 9.40 Å². The average Bonchev–Trinajstić information content (AvgIpc) is 3.22. The van der Waals surface area contributed by atoms with E-state index >= 15 is 0 Å². The summed E-state index contributed by atoms with van der Waals surface area (Å²) in [4.78, 5) is 7.37. The van der Waals surface area contributed by atoms with Gasteiger partial charge in [0.25, 0.3) is 0 Å². The molecule has 0 spiro atoms. The van der Waals surface area contributed by atoms with Gasteiger partial charge in [0.2, 0.25) is 0 Å². The fourth-order valence-corrected chi connectivity index (χ4v) is 6.07. The molecular weight excluding hydrogens is 488 g/mol. The number of nitrogens with zero attached hydrogens (tertiary/aromatic N) is 2. The SMILES string of the molecule is Cc1oc2cc3c(cc2c1C)-c1ccccc1-c1ccccc1N3c1cccc(-c2ccc3ccccc3n2)c1.